The first-order valence-corrected chi connectivity index (χ1v) is 7.33. The lowest BCUT2D eigenvalue weighted by molar-refractivity contribution is -0.121. The zero-order chi connectivity index (χ0) is 14.4. The maximum atomic E-state index is 11.9. The zero-order valence-electron chi connectivity index (χ0n) is 11.7. The Morgan fingerprint density at radius 1 is 1.10 bits per heavy atom. The highest BCUT2D eigenvalue weighted by molar-refractivity contribution is 5.92. The molecule has 1 fully saturated rings. The number of primary amides is 1. The number of rotatable bonds is 5. The molecule has 108 valence electrons. The molecule has 20 heavy (non-hydrogen) atoms. The van der Waals surface area contributed by atoms with Crippen molar-refractivity contribution in [3.05, 3.63) is 35.4 Å². The van der Waals surface area contributed by atoms with Gasteiger partial charge in [-0.15, -0.1) is 0 Å². The Bertz CT molecular complexity index is 462. The Labute approximate surface area is 119 Å². The van der Waals surface area contributed by atoms with Gasteiger partial charge in [-0.1, -0.05) is 31.4 Å². The van der Waals surface area contributed by atoms with Crippen molar-refractivity contribution in [3.8, 4) is 0 Å². The first-order valence-electron chi connectivity index (χ1n) is 7.33. The van der Waals surface area contributed by atoms with Gasteiger partial charge in [-0.2, -0.15) is 0 Å². The highest BCUT2D eigenvalue weighted by atomic mass is 16.2. The van der Waals surface area contributed by atoms with Gasteiger partial charge in [0.2, 0.25) is 11.8 Å². The number of carbonyl (C=O) groups is 2. The van der Waals surface area contributed by atoms with Crippen molar-refractivity contribution in [3.63, 3.8) is 0 Å². The van der Waals surface area contributed by atoms with E-state index in [0.29, 0.717) is 24.4 Å². The topological polar surface area (TPSA) is 72.2 Å². The fourth-order valence-electron chi connectivity index (χ4n) is 2.64. The third-order valence-corrected chi connectivity index (χ3v) is 3.85. The van der Waals surface area contributed by atoms with E-state index in [1.807, 2.05) is 12.1 Å². The molecule has 4 heteroatoms. The standard InChI is InChI=1S/C16H22N2O2/c17-16(20)13-9-6-12(7-10-13)8-11-15(19)18-14-4-2-1-3-5-14/h6-7,9-10,14H,1-5,8,11H2,(H2,17,20)(H,18,19). The summed E-state index contributed by atoms with van der Waals surface area (Å²) in [6.45, 7) is 0. The van der Waals surface area contributed by atoms with Crippen LogP contribution in [0.3, 0.4) is 0 Å². The Kier molecular flexibility index (Phi) is 5.16. The lowest BCUT2D eigenvalue weighted by Crippen LogP contribution is -2.36. The SMILES string of the molecule is NC(=O)c1ccc(CCC(=O)NC2CCCCC2)cc1. The average Bonchev–Trinajstić information content (AvgIpc) is 2.46. The maximum Gasteiger partial charge on any atom is 0.248 e. The summed E-state index contributed by atoms with van der Waals surface area (Å²) in [6.07, 6.45) is 7.14. The van der Waals surface area contributed by atoms with Crippen LogP contribution in [0.1, 0.15) is 54.4 Å². The van der Waals surface area contributed by atoms with Crippen LogP contribution in [0.15, 0.2) is 24.3 Å². The minimum atomic E-state index is -0.424. The van der Waals surface area contributed by atoms with E-state index in [1.54, 1.807) is 12.1 Å². The summed E-state index contributed by atoms with van der Waals surface area (Å²) < 4.78 is 0. The molecule has 1 aromatic rings. The molecule has 0 heterocycles. The molecular formula is C16H22N2O2. The minimum absolute atomic E-state index is 0.121. The van der Waals surface area contributed by atoms with Crippen molar-refractivity contribution < 1.29 is 9.59 Å². The second-order valence-corrected chi connectivity index (χ2v) is 5.46. The van der Waals surface area contributed by atoms with Crippen molar-refractivity contribution in [1.29, 1.82) is 0 Å². The molecule has 0 aliphatic heterocycles. The maximum absolute atomic E-state index is 11.9. The van der Waals surface area contributed by atoms with Crippen LogP contribution in [-0.2, 0) is 11.2 Å². The van der Waals surface area contributed by atoms with Gasteiger partial charge in [-0.05, 0) is 37.0 Å². The largest absolute Gasteiger partial charge is 0.366 e. The summed E-state index contributed by atoms with van der Waals surface area (Å²) in [5, 5.41) is 3.11. The third-order valence-electron chi connectivity index (χ3n) is 3.85. The molecule has 2 rings (SSSR count). The van der Waals surface area contributed by atoms with E-state index >= 15 is 0 Å². The van der Waals surface area contributed by atoms with Gasteiger partial charge >= 0.3 is 0 Å². The molecular weight excluding hydrogens is 252 g/mol. The minimum Gasteiger partial charge on any atom is -0.366 e. The Hall–Kier alpha value is -1.84. The quantitative estimate of drug-likeness (QED) is 0.863. The third kappa shape index (κ3) is 4.37. The lowest BCUT2D eigenvalue weighted by Gasteiger charge is -2.22. The van der Waals surface area contributed by atoms with Crippen molar-refractivity contribution in [1.82, 2.24) is 5.32 Å². The number of carbonyl (C=O) groups excluding carboxylic acids is 2. The van der Waals surface area contributed by atoms with E-state index < -0.39 is 5.91 Å². The fourth-order valence-corrected chi connectivity index (χ4v) is 2.64. The van der Waals surface area contributed by atoms with Crippen molar-refractivity contribution in [2.45, 2.75) is 51.0 Å². The lowest BCUT2D eigenvalue weighted by atomic mass is 9.95. The van der Waals surface area contributed by atoms with Gasteiger partial charge < -0.3 is 11.1 Å². The van der Waals surface area contributed by atoms with Gasteiger partial charge in [0.25, 0.3) is 0 Å². The van der Waals surface area contributed by atoms with Crippen LogP contribution in [0.2, 0.25) is 0 Å². The Morgan fingerprint density at radius 3 is 2.35 bits per heavy atom. The molecule has 0 bridgehead atoms. The number of nitrogens with two attached hydrogens (primary N) is 1. The van der Waals surface area contributed by atoms with Crippen molar-refractivity contribution in [2.75, 3.05) is 0 Å². The molecule has 1 aromatic carbocycles. The van der Waals surface area contributed by atoms with Crippen LogP contribution in [0.25, 0.3) is 0 Å². The summed E-state index contributed by atoms with van der Waals surface area (Å²) in [5.41, 5.74) is 6.74. The van der Waals surface area contributed by atoms with Gasteiger partial charge in [0.1, 0.15) is 0 Å². The molecule has 1 aliphatic carbocycles. The van der Waals surface area contributed by atoms with Gasteiger partial charge in [-0.25, -0.2) is 0 Å². The molecule has 1 saturated carbocycles. The van der Waals surface area contributed by atoms with E-state index in [2.05, 4.69) is 5.32 Å². The number of amides is 2. The Morgan fingerprint density at radius 2 is 1.75 bits per heavy atom. The van der Waals surface area contributed by atoms with Crippen LogP contribution in [0.5, 0.6) is 0 Å². The number of nitrogens with one attached hydrogen (secondary N) is 1. The van der Waals surface area contributed by atoms with E-state index in [4.69, 9.17) is 5.73 Å². The van der Waals surface area contributed by atoms with Gasteiger partial charge in [0.05, 0.1) is 0 Å². The first-order chi connectivity index (χ1) is 9.65. The fraction of sp³-hybridized carbons (Fsp3) is 0.500. The summed E-state index contributed by atoms with van der Waals surface area (Å²) in [7, 11) is 0. The highest BCUT2D eigenvalue weighted by Gasteiger charge is 2.15. The van der Waals surface area contributed by atoms with Crippen molar-refractivity contribution >= 4 is 11.8 Å². The predicted molar refractivity (Wildman–Crippen MR) is 78.3 cm³/mol. The summed E-state index contributed by atoms with van der Waals surface area (Å²) >= 11 is 0. The van der Waals surface area contributed by atoms with Crippen LogP contribution >= 0.6 is 0 Å². The first kappa shape index (κ1) is 14.6. The summed E-state index contributed by atoms with van der Waals surface area (Å²) in [4.78, 5) is 22.8. The molecule has 0 radical (unpaired) electrons. The van der Waals surface area contributed by atoms with Crippen molar-refractivity contribution in [2.24, 2.45) is 5.73 Å². The van der Waals surface area contributed by atoms with E-state index in [-0.39, 0.29) is 5.91 Å². The van der Waals surface area contributed by atoms with Gasteiger partial charge in [0, 0.05) is 18.0 Å². The molecule has 0 aromatic heterocycles. The van der Waals surface area contributed by atoms with E-state index in [0.717, 1.165) is 18.4 Å². The second kappa shape index (κ2) is 7.08. The van der Waals surface area contributed by atoms with E-state index in [9.17, 15) is 9.59 Å². The van der Waals surface area contributed by atoms with Crippen LogP contribution in [0.4, 0.5) is 0 Å². The second-order valence-electron chi connectivity index (χ2n) is 5.46. The molecule has 1 aliphatic rings. The van der Waals surface area contributed by atoms with Crippen LogP contribution in [-0.4, -0.2) is 17.9 Å². The highest BCUT2D eigenvalue weighted by Crippen LogP contribution is 2.17. The molecule has 0 unspecified atom stereocenters. The molecule has 0 saturated heterocycles. The molecule has 3 N–H and O–H groups in total. The smallest absolute Gasteiger partial charge is 0.248 e. The van der Waals surface area contributed by atoms with Crippen LogP contribution < -0.4 is 11.1 Å². The molecule has 0 atom stereocenters. The average molecular weight is 274 g/mol. The molecule has 4 nitrogen and oxygen atoms in total. The van der Waals surface area contributed by atoms with Gasteiger partial charge in [0.15, 0.2) is 0 Å². The zero-order valence-corrected chi connectivity index (χ0v) is 11.7. The number of benzene rings is 1. The molecule has 2 amide bonds. The van der Waals surface area contributed by atoms with Crippen LogP contribution in [0, 0.1) is 0 Å². The van der Waals surface area contributed by atoms with Gasteiger partial charge in [-0.3, -0.25) is 9.59 Å². The number of hydrogen-bond acceptors (Lipinski definition) is 2. The normalized spacial score (nSPS) is 15.8. The monoisotopic (exact) mass is 274 g/mol. The van der Waals surface area contributed by atoms with E-state index in [1.165, 1.54) is 19.3 Å². The Balaban J connectivity index is 1.76. The summed E-state index contributed by atoms with van der Waals surface area (Å²) in [5.74, 6) is -0.303. The number of aryl methyl sites for hydroxylation is 1. The summed E-state index contributed by atoms with van der Waals surface area (Å²) in [6, 6.07) is 7.49. The molecule has 0 spiro atoms. The predicted octanol–water partition coefficient (Wildman–Crippen LogP) is 2.17. The number of hydrogen-bond donors (Lipinski definition) is 2.